The van der Waals surface area contributed by atoms with Crippen LogP contribution in [0.25, 0.3) is 0 Å². The van der Waals surface area contributed by atoms with E-state index in [-0.39, 0.29) is 0 Å². The number of benzene rings is 1. The minimum atomic E-state index is -0.399. The molecular weight excluding hydrogens is 288 g/mol. The maximum absolute atomic E-state index is 10.6. The van der Waals surface area contributed by atoms with Gasteiger partial charge in [-0.3, -0.25) is 0 Å². The Bertz CT molecular complexity index is 498. The van der Waals surface area contributed by atoms with Crippen molar-refractivity contribution in [2.75, 3.05) is 44.2 Å². The molecular formula is C19H30N2O2. The van der Waals surface area contributed by atoms with Crippen LogP contribution in [0.15, 0.2) is 18.2 Å². The van der Waals surface area contributed by atoms with Crippen molar-refractivity contribution in [1.82, 2.24) is 4.90 Å². The third-order valence-electron chi connectivity index (χ3n) is 5.13. The number of likely N-dealkylation sites (tertiary alicyclic amines) is 1. The molecule has 4 nitrogen and oxygen atoms in total. The van der Waals surface area contributed by atoms with Crippen LogP contribution in [-0.4, -0.2) is 49.3 Å². The lowest BCUT2D eigenvalue weighted by Crippen LogP contribution is -2.32. The lowest BCUT2D eigenvalue weighted by molar-refractivity contribution is 0.142. The molecule has 0 amide bonds. The predicted octanol–water partition coefficient (Wildman–Crippen LogP) is 3.20. The molecule has 0 aliphatic carbocycles. The molecule has 2 heterocycles. The number of ether oxygens (including phenoxy) is 1. The molecule has 1 fully saturated rings. The summed E-state index contributed by atoms with van der Waals surface area (Å²) in [5, 5.41) is 10.6. The third kappa shape index (κ3) is 4.18. The van der Waals surface area contributed by atoms with Gasteiger partial charge in [0.1, 0.15) is 12.4 Å². The highest BCUT2D eigenvalue weighted by atomic mass is 16.5. The van der Waals surface area contributed by atoms with E-state index in [0.29, 0.717) is 0 Å². The van der Waals surface area contributed by atoms with Gasteiger partial charge in [-0.1, -0.05) is 18.9 Å². The first-order valence-electron chi connectivity index (χ1n) is 9.20. The Kier molecular flexibility index (Phi) is 5.79. The van der Waals surface area contributed by atoms with Crippen LogP contribution in [0.4, 0.5) is 5.69 Å². The fourth-order valence-corrected chi connectivity index (χ4v) is 3.66. The smallest absolute Gasteiger partial charge is 0.143 e. The van der Waals surface area contributed by atoms with Gasteiger partial charge in [0.2, 0.25) is 0 Å². The van der Waals surface area contributed by atoms with Gasteiger partial charge in [0, 0.05) is 13.1 Å². The summed E-state index contributed by atoms with van der Waals surface area (Å²) in [5.41, 5.74) is 2.14. The first-order valence-corrected chi connectivity index (χ1v) is 9.20. The fraction of sp³-hybridized carbons (Fsp3) is 0.684. The van der Waals surface area contributed by atoms with Crippen LogP contribution in [0.5, 0.6) is 5.75 Å². The SMILES string of the molecule is CCN1CCOc2cc(C(O)CCN3CCCCCC3)ccc21. The summed E-state index contributed by atoms with van der Waals surface area (Å²) in [7, 11) is 0. The Morgan fingerprint density at radius 1 is 1.13 bits per heavy atom. The van der Waals surface area contributed by atoms with Crippen LogP contribution in [0.1, 0.15) is 50.7 Å². The number of rotatable bonds is 5. The normalized spacial score (nSPS) is 20.5. The lowest BCUT2D eigenvalue weighted by atomic mass is 10.0. The molecule has 0 spiro atoms. The van der Waals surface area contributed by atoms with Gasteiger partial charge in [0.15, 0.2) is 0 Å². The van der Waals surface area contributed by atoms with Gasteiger partial charge in [0.05, 0.1) is 18.3 Å². The van der Waals surface area contributed by atoms with E-state index >= 15 is 0 Å². The van der Waals surface area contributed by atoms with Crippen molar-refractivity contribution >= 4 is 5.69 Å². The highest BCUT2D eigenvalue weighted by Gasteiger charge is 2.19. The summed E-state index contributed by atoms with van der Waals surface area (Å²) < 4.78 is 5.79. The second-order valence-corrected chi connectivity index (χ2v) is 6.72. The molecule has 23 heavy (non-hydrogen) atoms. The molecule has 4 heteroatoms. The molecule has 3 rings (SSSR count). The minimum absolute atomic E-state index is 0.399. The van der Waals surface area contributed by atoms with Crippen molar-refractivity contribution < 1.29 is 9.84 Å². The second-order valence-electron chi connectivity index (χ2n) is 6.72. The van der Waals surface area contributed by atoms with Gasteiger partial charge in [-0.05, 0) is 57.0 Å². The molecule has 1 aromatic carbocycles. The molecule has 1 atom stereocenters. The van der Waals surface area contributed by atoms with Crippen molar-refractivity contribution in [1.29, 1.82) is 0 Å². The Morgan fingerprint density at radius 3 is 2.65 bits per heavy atom. The molecule has 1 aromatic rings. The first-order chi connectivity index (χ1) is 11.3. The van der Waals surface area contributed by atoms with E-state index in [1.807, 2.05) is 6.07 Å². The molecule has 128 valence electrons. The Hall–Kier alpha value is -1.26. The van der Waals surface area contributed by atoms with E-state index in [1.54, 1.807) is 0 Å². The third-order valence-corrected chi connectivity index (χ3v) is 5.13. The summed E-state index contributed by atoms with van der Waals surface area (Å²) in [4.78, 5) is 4.83. The Morgan fingerprint density at radius 2 is 1.91 bits per heavy atom. The zero-order valence-corrected chi connectivity index (χ0v) is 14.3. The number of likely N-dealkylation sites (N-methyl/N-ethyl adjacent to an activating group) is 1. The number of nitrogens with zero attached hydrogens (tertiary/aromatic N) is 2. The molecule has 0 aromatic heterocycles. The van der Waals surface area contributed by atoms with Gasteiger partial charge >= 0.3 is 0 Å². The van der Waals surface area contributed by atoms with Crippen molar-refractivity contribution in [2.45, 2.75) is 45.1 Å². The summed E-state index contributed by atoms with van der Waals surface area (Å²) in [6.07, 6.45) is 5.72. The first kappa shape index (κ1) is 16.6. The van der Waals surface area contributed by atoms with E-state index in [4.69, 9.17) is 4.74 Å². The lowest BCUT2D eigenvalue weighted by Gasteiger charge is -2.31. The molecule has 2 aliphatic heterocycles. The van der Waals surface area contributed by atoms with Gasteiger partial charge < -0.3 is 19.6 Å². The molecule has 1 saturated heterocycles. The van der Waals surface area contributed by atoms with Gasteiger partial charge in [-0.2, -0.15) is 0 Å². The van der Waals surface area contributed by atoms with Crippen LogP contribution < -0.4 is 9.64 Å². The number of hydrogen-bond acceptors (Lipinski definition) is 4. The Balaban J connectivity index is 1.60. The highest BCUT2D eigenvalue weighted by molar-refractivity contribution is 5.61. The molecule has 0 saturated carbocycles. The van der Waals surface area contributed by atoms with Gasteiger partial charge in [-0.25, -0.2) is 0 Å². The molecule has 1 N–H and O–H groups in total. The standard InChI is InChI=1S/C19H30N2O2/c1-2-21-13-14-23-19-15-16(7-8-17(19)21)18(22)9-12-20-10-5-3-4-6-11-20/h7-8,15,18,22H,2-6,9-14H2,1H3. The van der Waals surface area contributed by atoms with Crippen molar-refractivity contribution in [3.63, 3.8) is 0 Å². The average molecular weight is 318 g/mol. The topological polar surface area (TPSA) is 35.9 Å². The predicted molar refractivity (Wildman–Crippen MR) is 94.3 cm³/mol. The average Bonchev–Trinajstić information content (AvgIpc) is 2.87. The second kappa shape index (κ2) is 8.02. The van der Waals surface area contributed by atoms with Crippen molar-refractivity contribution in [2.24, 2.45) is 0 Å². The maximum Gasteiger partial charge on any atom is 0.143 e. The van der Waals surface area contributed by atoms with Crippen LogP contribution in [0, 0.1) is 0 Å². The van der Waals surface area contributed by atoms with Crippen molar-refractivity contribution in [3.05, 3.63) is 23.8 Å². The maximum atomic E-state index is 10.6. The van der Waals surface area contributed by atoms with Crippen LogP contribution >= 0.6 is 0 Å². The Labute approximate surface area is 140 Å². The van der Waals surface area contributed by atoms with E-state index in [9.17, 15) is 5.11 Å². The number of aliphatic hydroxyl groups excluding tert-OH is 1. The zero-order chi connectivity index (χ0) is 16.1. The van der Waals surface area contributed by atoms with E-state index < -0.39 is 6.10 Å². The zero-order valence-electron chi connectivity index (χ0n) is 14.3. The van der Waals surface area contributed by atoms with Gasteiger partial charge in [0.25, 0.3) is 0 Å². The summed E-state index contributed by atoms with van der Waals surface area (Å²) in [6, 6.07) is 6.19. The highest BCUT2D eigenvalue weighted by Crippen LogP contribution is 2.34. The summed E-state index contributed by atoms with van der Waals surface area (Å²) in [6.45, 7) is 8.19. The van der Waals surface area contributed by atoms with Crippen LogP contribution in [0.2, 0.25) is 0 Å². The van der Waals surface area contributed by atoms with Crippen LogP contribution in [-0.2, 0) is 0 Å². The van der Waals surface area contributed by atoms with E-state index in [2.05, 4.69) is 28.9 Å². The monoisotopic (exact) mass is 318 g/mol. The molecule has 1 unspecified atom stereocenters. The number of anilines is 1. The molecule has 0 bridgehead atoms. The number of aliphatic hydroxyl groups is 1. The quantitative estimate of drug-likeness (QED) is 0.904. The minimum Gasteiger partial charge on any atom is -0.490 e. The van der Waals surface area contributed by atoms with E-state index in [1.165, 1.54) is 38.8 Å². The van der Waals surface area contributed by atoms with Crippen molar-refractivity contribution in [3.8, 4) is 5.75 Å². The number of hydrogen-bond donors (Lipinski definition) is 1. The molecule has 0 radical (unpaired) electrons. The van der Waals surface area contributed by atoms with Gasteiger partial charge in [-0.15, -0.1) is 0 Å². The molecule has 2 aliphatic rings. The largest absolute Gasteiger partial charge is 0.490 e. The van der Waals surface area contributed by atoms with Crippen LogP contribution in [0.3, 0.4) is 0 Å². The fourth-order valence-electron chi connectivity index (χ4n) is 3.66. The summed E-state index contributed by atoms with van der Waals surface area (Å²) >= 11 is 0. The van der Waals surface area contributed by atoms with E-state index in [0.717, 1.165) is 49.7 Å². The number of fused-ring (bicyclic) bond motifs is 1. The summed E-state index contributed by atoms with van der Waals surface area (Å²) in [5.74, 6) is 0.921.